The third-order valence-electron chi connectivity index (χ3n) is 1.57. The molecule has 0 saturated heterocycles. The molecule has 0 fully saturated rings. The van der Waals surface area contributed by atoms with Crippen molar-refractivity contribution in [1.82, 2.24) is 14.6 Å². The molecular weight excluding hydrogens is 156 g/mol. The Labute approximate surface area is 67.8 Å². The van der Waals surface area contributed by atoms with Gasteiger partial charge in [0, 0.05) is 6.20 Å². The lowest BCUT2D eigenvalue weighted by Gasteiger charge is -1.95. The average Bonchev–Trinajstić information content (AvgIpc) is 2.49. The number of hydrogen-bond acceptors (Lipinski definition) is 3. The van der Waals surface area contributed by atoms with Crippen LogP contribution in [0.1, 0.15) is 10.4 Å². The molecule has 2 heterocycles. The van der Waals surface area contributed by atoms with Crippen LogP contribution < -0.4 is 5.73 Å². The first-order valence-electron chi connectivity index (χ1n) is 3.37. The predicted octanol–water partition coefficient (Wildman–Crippen LogP) is -0.172. The van der Waals surface area contributed by atoms with Crippen LogP contribution in [0.25, 0.3) is 5.65 Å². The topological polar surface area (TPSA) is 73.3 Å². The number of primary amides is 1. The molecule has 0 unspecified atom stereocenters. The van der Waals surface area contributed by atoms with Gasteiger partial charge in [0.2, 0.25) is 0 Å². The van der Waals surface area contributed by atoms with E-state index in [1.165, 1.54) is 10.8 Å². The van der Waals surface area contributed by atoms with Crippen molar-refractivity contribution >= 4 is 11.6 Å². The zero-order valence-corrected chi connectivity index (χ0v) is 6.14. The molecule has 2 aromatic rings. The van der Waals surface area contributed by atoms with Gasteiger partial charge in [-0.15, -0.1) is 0 Å². The van der Waals surface area contributed by atoms with Crippen LogP contribution in [0.2, 0.25) is 0 Å². The molecule has 2 aromatic heterocycles. The summed E-state index contributed by atoms with van der Waals surface area (Å²) in [5, 5.41) is 3.86. The van der Waals surface area contributed by atoms with Crippen molar-refractivity contribution < 1.29 is 4.79 Å². The fourth-order valence-electron chi connectivity index (χ4n) is 1.04. The first-order chi connectivity index (χ1) is 5.79. The largest absolute Gasteiger partial charge is 0.365 e. The van der Waals surface area contributed by atoms with Gasteiger partial charge in [-0.25, -0.2) is 9.50 Å². The van der Waals surface area contributed by atoms with E-state index in [0.717, 1.165) is 0 Å². The van der Waals surface area contributed by atoms with Crippen molar-refractivity contribution in [3.8, 4) is 0 Å². The normalized spacial score (nSPS) is 10.3. The van der Waals surface area contributed by atoms with Crippen molar-refractivity contribution in [1.29, 1.82) is 0 Å². The molecule has 1 amide bonds. The Balaban J connectivity index is 2.82. The number of carbonyl (C=O) groups excluding carboxylic acids is 1. The van der Waals surface area contributed by atoms with Gasteiger partial charge in [0.05, 0.1) is 5.56 Å². The van der Waals surface area contributed by atoms with Gasteiger partial charge in [-0.05, 0) is 12.1 Å². The Morgan fingerprint density at radius 1 is 1.58 bits per heavy atom. The van der Waals surface area contributed by atoms with Crippen LogP contribution in [-0.4, -0.2) is 20.5 Å². The third-order valence-corrected chi connectivity index (χ3v) is 1.57. The molecule has 2 N–H and O–H groups in total. The first-order valence-corrected chi connectivity index (χ1v) is 3.37. The zero-order chi connectivity index (χ0) is 8.55. The summed E-state index contributed by atoms with van der Waals surface area (Å²) >= 11 is 0. The number of fused-ring (bicyclic) bond motifs is 1. The van der Waals surface area contributed by atoms with Gasteiger partial charge >= 0.3 is 0 Å². The lowest BCUT2D eigenvalue weighted by molar-refractivity contribution is 0.100. The van der Waals surface area contributed by atoms with Gasteiger partial charge < -0.3 is 5.73 Å². The second-order valence-electron chi connectivity index (χ2n) is 2.31. The molecular formula is C7H6N4O. The van der Waals surface area contributed by atoms with Crippen LogP contribution in [0.5, 0.6) is 0 Å². The van der Waals surface area contributed by atoms with Crippen molar-refractivity contribution in [2.24, 2.45) is 5.73 Å². The van der Waals surface area contributed by atoms with E-state index in [2.05, 4.69) is 10.1 Å². The fraction of sp³-hybridized carbons (Fsp3) is 0. The number of pyridine rings is 1. The maximum absolute atomic E-state index is 10.9. The van der Waals surface area contributed by atoms with Gasteiger partial charge in [0.25, 0.3) is 5.91 Å². The summed E-state index contributed by atoms with van der Waals surface area (Å²) < 4.78 is 1.50. The van der Waals surface area contributed by atoms with Crippen molar-refractivity contribution in [3.05, 3.63) is 30.2 Å². The maximum Gasteiger partial charge on any atom is 0.252 e. The van der Waals surface area contributed by atoms with E-state index in [1.54, 1.807) is 18.3 Å². The van der Waals surface area contributed by atoms with Crippen LogP contribution in [0.15, 0.2) is 24.7 Å². The molecule has 12 heavy (non-hydrogen) atoms. The lowest BCUT2D eigenvalue weighted by atomic mass is 10.2. The molecule has 0 aliphatic rings. The monoisotopic (exact) mass is 162 g/mol. The number of hydrogen-bond donors (Lipinski definition) is 1. The molecule has 2 rings (SSSR count). The van der Waals surface area contributed by atoms with Crippen molar-refractivity contribution in [2.75, 3.05) is 0 Å². The van der Waals surface area contributed by atoms with Crippen molar-refractivity contribution in [2.45, 2.75) is 0 Å². The van der Waals surface area contributed by atoms with E-state index in [1.807, 2.05) is 0 Å². The van der Waals surface area contributed by atoms with Crippen LogP contribution in [0, 0.1) is 0 Å². The van der Waals surface area contributed by atoms with E-state index < -0.39 is 5.91 Å². The molecule has 60 valence electrons. The van der Waals surface area contributed by atoms with Gasteiger partial charge in [0.15, 0.2) is 5.65 Å². The summed E-state index contributed by atoms with van der Waals surface area (Å²) in [6, 6.07) is 3.31. The Morgan fingerprint density at radius 2 is 2.42 bits per heavy atom. The van der Waals surface area contributed by atoms with Crippen LogP contribution in [0.4, 0.5) is 0 Å². The molecule has 0 aliphatic carbocycles. The van der Waals surface area contributed by atoms with Crippen LogP contribution in [-0.2, 0) is 0 Å². The fourth-order valence-corrected chi connectivity index (χ4v) is 1.04. The smallest absolute Gasteiger partial charge is 0.252 e. The maximum atomic E-state index is 10.9. The number of nitrogens with zero attached hydrogens (tertiary/aromatic N) is 3. The number of amides is 1. The van der Waals surface area contributed by atoms with Crippen LogP contribution >= 0.6 is 0 Å². The van der Waals surface area contributed by atoms with Gasteiger partial charge in [-0.3, -0.25) is 4.79 Å². The highest BCUT2D eigenvalue weighted by Crippen LogP contribution is 2.04. The molecule has 0 aliphatic heterocycles. The Kier molecular flexibility index (Phi) is 1.30. The first kappa shape index (κ1) is 6.78. The highest BCUT2D eigenvalue weighted by atomic mass is 16.1. The number of aromatic nitrogens is 3. The predicted molar refractivity (Wildman–Crippen MR) is 41.5 cm³/mol. The number of rotatable bonds is 1. The van der Waals surface area contributed by atoms with Gasteiger partial charge in [-0.2, -0.15) is 5.10 Å². The summed E-state index contributed by atoms with van der Waals surface area (Å²) in [6.45, 7) is 0. The SMILES string of the molecule is NC(=O)c1cccn2ncnc12. The number of nitrogens with two attached hydrogens (primary N) is 1. The van der Waals surface area contributed by atoms with Gasteiger partial charge in [0.1, 0.15) is 6.33 Å². The Morgan fingerprint density at radius 3 is 3.17 bits per heavy atom. The molecule has 0 atom stereocenters. The van der Waals surface area contributed by atoms with Crippen LogP contribution in [0.3, 0.4) is 0 Å². The van der Waals surface area contributed by atoms with E-state index in [-0.39, 0.29) is 0 Å². The van der Waals surface area contributed by atoms with E-state index in [0.29, 0.717) is 11.2 Å². The molecule has 5 heteroatoms. The highest BCUT2D eigenvalue weighted by Gasteiger charge is 2.06. The molecule has 0 bridgehead atoms. The summed E-state index contributed by atoms with van der Waals surface area (Å²) in [5.74, 6) is -0.492. The van der Waals surface area contributed by atoms with E-state index in [4.69, 9.17) is 5.73 Å². The molecule has 0 aromatic carbocycles. The van der Waals surface area contributed by atoms with Crippen molar-refractivity contribution in [3.63, 3.8) is 0 Å². The standard InChI is InChI=1S/C7H6N4O/c8-6(12)5-2-1-3-11-7(5)9-4-10-11/h1-4H,(H2,8,12). The van der Waals surface area contributed by atoms with E-state index in [9.17, 15) is 4.79 Å². The average molecular weight is 162 g/mol. The number of carbonyl (C=O) groups is 1. The third kappa shape index (κ3) is 0.833. The molecule has 0 saturated carbocycles. The minimum atomic E-state index is -0.492. The second kappa shape index (κ2) is 2.30. The quantitative estimate of drug-likeness (QED) is 0.632. The summed E-state index contributed by atoms with van der Waals surface area (Å²) in [7, 11) is 0. The summed E-state index contributed by atoms with van der Waals surface area (Å²) in [4.78, 5) is 14.7. The molecule has 0 radical (unpaired) electrons. The zero-order valence-electron chi connectivity index (χ0n) is 6.14. The Hall–Kier alpha value is -1.91. The minimum absolute atomic E-state index is 0.384. The summed E-state index contributed by atoms with van der Waals surface area (Å²) in [5.41, 5.74) is 5.99. The minimum Gasteiger partial charge on any atom is -0.365 e. The van der Waals surface area contributed by atoms with Gasteiger partial charge in [-0.1, -0.05) is 0 Å². The second-order valence-corrected chi connectivity index (χ2v) is 2.31. The highest BCUT2D eigenvalue weighted by molar-refractivity contribution is 5.98. The lowest BCUT2D eigenvalue weighted by Crippen LogP contribution is -2.12. The van der Waals surface area contributed by atoms with E-state index >= 15 is 0 Å². The summed E-state index contributed by atoms with van der Waals surface area (Å²) in [6.07, 6.45) is 3.08. The Bertz CT molecular complexity index is 434. The molecule has 0 spiro atoms. The molecule has 5 nitrogen and oxygen atoms in total.